The van der Waals surface area contributed by atoms with E-state index < -0.39 is 94.0 Å². The second-order valence-electron chi connectivity index (χ2n) is 14.9. The second kappa shape index (κ2) is 16.8. The van der Waals surface area contributed by atoms with Crippen LogP contribution in [0.5, 0.6) is 5.75 Å². The highest BCUT2D eigenvalue weighted by atomic mass is 32.2. The van der Waals surface area contributed by atoms with Crippen molar-refractivity contribution in [2.24, 2.45) is 17.8 Å². The summed E-state index contributed by atoms with van der Waals surface area (Å²) in [6.07, 6.45) is -8.15. The van der Waals surface area contributed by atoms with Crippen molar-refractivity contribution < 1.29 is 57.7 Å². The molecule has 0 radical (unpaired) electrons. The molecular formula is C35H60N2O12S. The molecular weight excluding hydrogens is 672 g/mol. The number of likely N-dealkylation sites (N-methyl/N-ethyl adjacent to an activating group) is 1. The largest absolute Gasteiger partial charge is 0.497 e. The third-order valence-electron chi connectivity index (χ3n) is 10.5. The van der Waals surface area contributed by atoms with Gasteiger partial charge in [0.1, 0.15) is 29.7 Å². The van der Waals surface area contributed by atoms with Crippen molar-refractivity contribution in [3.05, 3.63) is 24.3 Å². The van der Waals surface area contributed by atoms with Crippen LogP contribution in [0.2, 0.25) is 0 Å². The van der Waals surface area contributed by atoms with Gasteiger partial charge in [-0.1, -0.05) is 26.8 Å². The quantitative estimate of drug-likeness (QED) is 0.220. The van der Waals surface area contributed by atoms with Gasteiger partial charge in [0.05, 0.1) is 47.9 Å². The zero-order valence-electron chi connectivity index (χ0n) is 31.0. The minimum Gasteiger partial charge on any atom is -0.497 e. The molecule has 1 aromatic carbocycles. The molecule has 14 nitrogen and oxygen atoms in total. The molecule has 50 heavy (non-hydrogen) atoms. The van der Waals surface area contributed by atoms with Crippen molar-refractivity contribution in [2.45, 2.75) is 146 Å². The van der Waals surface area contributed by atoms with E-state index in [9.17, 15) is 38.7 Å². The predicted octanol–water partition coefficient (Wildman–Crippen LogP) is 1.40. The number of carbonyl (C=O) groups excluding carboxylic acids is 1. The summed E-state index contributed by atoms with van der Waals surface area (Å²) in [6, 6.07) is 4.38. The molecule has 6 N–H and O–H groups in total. The van der Waals surface area contributed by atoms with Crippen LogP contribution in [0.25, 0.3) is 0 Å². The SMILES string of the molecule is CC[C@H]1OC(=O)[C@H](C)[C@@H](O)[C@H](C)[C@@H](O[C@@H]2O[C@H](C)C[C@H](N(C)S(=O)(=O)c3cccc(OC)c3)[C@H]2O)[C@](C)(O)C[C@@H](C)CN[C@H](C)[C@@H](O)[C@]1(C)O. The maximum Gasteiger partial charge on any atom is 0.311 e. The van der Waals surface area contributed by atoms with Crippen LogP contribution in [0.3, 0.4) is 0 Å². The number of nitrogens with one attached hydrogen (secondary N) is 1. The highest BCUT2D eigenvalue weighted by Gasteiger charge is 2.50. The number of aliphatic hydroxyl groups is 5. The maximum absolute atomic E-state index is 13.7. The van der Waals surface area contributed by atoms with Crippen molar-refractivity contribution in [3.8, 4) is 5.75 Å². The van der Waals surface area contributed by atoms with Gasteiger partial charge in [-0.25, -0.2) is 8.42 Å². The molecule has 0 unspecified atom stereocenters. The average molecular weight is 733 g/mol. The molecule has 2 aliphatic rings. The summed E-state index contributed by atoms with van der Waals surface area (Å²) in [5.41, 5.74) is -3.50. The van der Waals surface area contributed by atoms with Gasteiger partial charge in [-0.15, -0.1) is 0 Å². The molecule has 14 atom stereocenters. The number of ether oxygens (including phenoxy) is 4. The second-order valence-corrected chi connectivity index (χ2v) is 16.9. The molecule has 0 aliphatic carbocycles. The molecule has 2 fully saturated rings. The number of sulfonamides is 1. The minimum atomic E-state index is -4.11. The molecule has 0 bridgehead atoms. The zero-order valence-corrected chi connectivity index (χ0v) is 31.8. The van der Waals surface area contributed by atoms with E-state index >= 15 is 0 Å². The Balaban J connectivity index is 1.98. The summed E-state index contributed by atoms with van der Waals surface area (Å²) in [5, 5.41) is 60.8. The van der Waals surface area contributed by atoms with Crippen molar-refractivity contribution in [3.63, 3.8) is 0 Å². The fraction of sp³-hybridized carbons (Fsp3) is 0.800. The molecule has 2 heterocycles. The number of hydrogen-bond donors (Lipinski definition) is 6. The Morgan fingerprint density at radius 3 is 2.30 bits per heavy atom. The molecule has 15 heteroatoms. The van der Waals surface area contributed by atoms with Crippen LogP contribution in [0.1, 0.15) is 74.7 Å². The van der Waals surface area contributed by atoms with E-state index in [1.54, 1.807) is 39.8 Å². The number of hydrogen-bond acceptors (Lipinski definition) is 13. The molecule has 0 spiro atoms. The normalized spacial score (nSPS) is 41.6. The number of methoxy groups -OCH3 is 1. The van der Waals surface area contributed by atoms with E-state index in [0.29, 0.717) is 12.3 Å². The number of cyclic esters (lactones) is 1. The molecule has 0 amide bonds. The first-order valence-electron chi connectivity index (χ1n) is 17.5. The van der Waals surface area contributed by atoms with Gasteiger partial charge in [-0.2, -0.15) is 4.31 Å². The summed E-state index contributed by atoms with van der Waals surface area (Å²) in [6.45, 7) is 13.3. The lowest BCUT2D eigenvalue weighted by Crippen LogP contribution is -2.60. The Labute approximate surface area is 297 Å². The predicted molar refractivity (Wildman–Crippen MR) is 185 cm³/mol. The zero-order chi connectivity index (χ0) is 37.9. The van der Waals surface area contributed by atoms with Gasteiger partial charge in [-0.3, -0.25) is 4.79 Å². The summed E-state index contributed by atoms with van der Waals surface area (Å²) >= 11 is 0. The summed E-state index contributed by atoms with van der Waals surface area (Å²) < 4.78 is 51.8. The topological polar surface area (TPSA) is 205 Å². The average Bonchev–Trinajstić information content (AvgIpc) is 3.06. The van der Waals surface area contributed by atoms with Gasteiger partial charge < -0.3 is 49.8 Å². The van der Waals surface area contributed by atoms with Crippen molar-refractivity contribution in [1.29, 1.82) is 0 Å². The number of aliphatic hydroxyl groups excluding tert-OH is 3. The van der Waals surface area contributed by atoms with Crippen LogP contribution in [0.4, 0.5) is 0 Å². The number of esters is 1. The Hall–Kier alpha value is -1.92. The Kier molecular flexibility index (Phi) is 14.3. The molecule has 2 saturated heterocycles. The number of rotatable bonds is 7. The molecule has 288 valence electrons. The highest BCUT2D eigenvalue weighted by Crippen LogP contribution is 2.37. The first-order chi connectivity index (χ1) is 23.1. The number of nitrogens with zero attached hydrogens (tertiary/aromatic N) is 1. The van der Waals surface area contributed by atoms with Crippen LogP contribution >= 0.6 is 0 Å². The van der Waals surface area contributed by atoms with Crippen molar-refractivity contribution in [1.82, 2.24) is 9.62 Å². The lowest BCUT2D eigenvalue weighted by Gasteiger charge is -2.46. The van der Waals surface area contributed by atoms with Crippen molar-refractivity contribution in [2.75, 3.05) is 20.7 Å². The summed E-state index contributed by atoms with van der Waals surface area (Å²) in [4.78, 5) is 13.4. The molecule has 2 aliphatic heterocycles. The maximum atomic E-state index is 13.7. The van der Waals surface area contributed by atoms with Gasteiger partial charge in [-0.05, 0) is 78.5 Å². The van der Waals surface area contributed by atoms with E-state index in [1.165, 1.54) is 47.1 Å². The smallest absolute Gasteiger partial charge is 0.311 e. The lowest BCUT2D eigenvalue weighted by molar-refractivity contribution is -0.297. The van der Waals surface area contributed by atoms with E-state index in [-0.39, 0.29) is 30.1 Å². The minimum absolute atomic E-state index is 0.0261. The molecule has 0 saturated carbocycles. The van der Waals surface area contributed by atoms with Crippen LogP contribution in [-0.4, -0.2) is 131 Å². The standard InChI is InChI=1S/C35H60N2O12S/c1-11-27-35(8,43)30(40)23(6)36-18-19(2)17-34(7,42)31(21(4)28(38)22(5)32(41)48-27)49-33-29(39)26(15-20(3)47-33)37(9)50(44,45)25-14-12-13-24(16-25)46-10/h12-14,16,19-23,26-31,33,36,38-40,42-43H,11,15,17-18H2,1-10H3/t19-,20-,21+,22-,23-,26+,27-,28+,29-,30-,31-,33+,34-,35-/m1/s1. The van der Waals surface area contributed by atoms with Gasteiger partial charge >= 0.3 is 5.97 Å². The molecule has 0 aromatic heterocycles. The Bertz CT molecular complexity index is 1380. The van der Waals surface area contributed by atoms with Crippen molar-refractivity contribution >= 4 is 16.0 Å². The van der Waals surface area contributed by atoms with E-state index in [4.69, 9.17) is 18.9 Å². The third kappa shape index (κ3) is 9.35. The van der Waals surface area contributed by atoms with E-state index in [2.05, 4.69) is 5.32 Å². The highest BCUT2D eigenvalue weighted by molar-refractivity contribution is 7.89. The fourth-order valence-corrected chi connectivity index (χ4v) is 8.73. The summed E-state index contributed by atoms with van der Waals surface area (Å²) in [7, 11) is -1.31. The van der Waals surface area contributed by atoms with Crippen LogP contribution < -0.4 is 10.1 Å². The fourth-order valence-electron chi connectivity index (χ4n) is 7.32. The lowest BCUT2D eigenvalue weighted by atomic mass is 9.78. The van der Waals surface area contributed by atoms with E-state index in [0.717, 1.165) is 4.31 Å². The van der Waals surface area contributed by atoms with Gasteiger partial charge in [0.25, 0.3) is 0 Å². The third-order valence-corrected chi connectivity index (χ3v) is 12.4. The number of benzene rings is 1. The van der Waals surface area contributed by atoms with Crippen LogP contribution in [0, 0.1) is 17.8 Å². The van der Waals surface area contributed by atoms with Crippen LogP contribution in [0.15, 0.2) is 29.2 Å². The van der Waals surface area contributed by atoms with Gasteiger partial charge in [0.15, 0.2) is 6.29 Å². The number of carbonyl (C=O) groups is 1. The Morgan fingerprint density at radius 2 is 1.70 bits per heavy atom. The summed E-state index contributed by atoms with van der Waals surface area (Å²) in [5.74, 6) is -2.81. The van der Waals surface area contributed by atoms with E-state index in [1.807, 2.05) is 6.92 Å². The Morgan fingerprint density at radius 1 is 1.06 bits per heavy atom. The van der Waals surface area contributed by atoms with Gasteiger partial charge in [0.2, 0.25) is 10.0 Å². The molecule has 3 rings (SSSR count). The first-order valence-corrected chi connectivity index (χ1v) is 18.9. The monoisotopic (exact) mass is 732 g/mol. The molecule has 1 aromatic rings. The first kappa shape index (κ1) is 42.5. The van der Waals surface area contributed by atoms with Crippen LogP contribution in [-0.2, 0) is 29.0 Å². The van der Waals surface area contributed by atoms with Gasteiger partial charge in [0, 0.05) is 25.1 Å².